The highest BCUT2D eigenvalue weighted by Gasteiger charge is 2.47. The van der Waals surface area contributed by atoms with Gasteiger partial charge in [0.1, 0.15) is 78.3 Å². The van der Waals surface area contributed by atoms with Crippen molar-refractivity contribution in [1.29, 1.82) is 0 Å². The SMILES string of the molecule is CCCC[C@H]1C(=O)N(C)[C@@H](CCCC)C(=O)N[C@@H](CC(C)C)C(=O)N2CCC[C@@H]2C(=O)NCC(=O)N[C@@H](Cc2ccc(O)cc2)C(=O)N(C)[C@@H](C)C(=O)N[C@@H](CC(N)=O)C(=O)N2CCC[C@H]2C(=O)N[C@@H](CN)C(=O)N[C@@H](CC(C)C)C(=O)N2C[C@H](O)C[C@H]2C(=O)C[C@@H](Cc2c[nH]c3ccccc23)C(=O)N[C@@H](CCN)C(=O)N[C@@H](Cc2c[nH]c3ccccc23)C(=O)N1C. The number of phenols is 1. The Bertz CT molecular complexity index is 4760. The molecule has 4 fully saturated rings. The van der Waals surface area contributed by atoms with Crippen molar-refractivity contribution in [3.63, 3.8) is 0 Å². The third-order valence-corrected chi connectivity index (χ3v) is 24.5. The van der Waals surface area contributed by atoms with Crippen molar-refractivity contribution in [3.8, 4) is 5.75 Å². The molecule has 15 atom stereocenters. The van der Waals surface area contributed by atoms with Gasteiger partial charge >= 0.3 is 0 Å². The Morgan fingerprint density at radius 1 is 0.496 bits per heavy atom. The average Bonchev–Trinajstić information content (AvgIpc) is 1.73. The molecule has 37 nitrogen and oxygen atoms in total. The highest BCUT2D eigenvalue weighted by atomic mass is 16.3. The van der Waals surface area contributed by atoms with Crippen LogP contribution < -0.4 is 59.7 Å². The number of hydrogen-bond donors (Lipinski definition) is 15. The van der Waals surface area contributed by atoms with Crippen LogP contribution >= 0.6 is 0 Å². The van der Waals surface area contributed by atoms with Crippen LogP contribution in [0.1, 0.15) is 168 Å². The molecule has 4 aliphatic rings. The minimum Gasteiger partial charge on any atom is -0.508 e. The van der Waals surface area contributed by atoms with Gasteiger partial charge in [-0.05, 0) is 130 Å². The molecule has 0 aliphatic carbocycles. The van der Waals surface area contributed by atoms with Gasteiger partial charge < -0.3 is 109 Å². The molecule has 4 aliphatic heterocycles. The second-order valence-electron chi connectivity index (χ2n) is 34.9. The van der Waals surface area contributed by atoms with E-state index >= 15 is 38.4 Å². The van der Waals surface area contributed by atoms with Crippen LogP contribution in [0, 0.1) is 17.8 Å². The molecule has 9 rings (SSSR count). The molecule has 37 heteroatoms. The monoisotopic (exact) mass is 1760 g/mol. The normalized spacial score (nSPS) is 26.3. The molecule has 0 radical (unpaired) electrons. The molecule has 6 heterocycles. The molecule has 5 aromatic rings. The number of amides is 15. The Hall–Kier alpha value is -11.9. The van der Waals surface area contributed by atoms with Crippen LogP contribution in [0.5, 0.6) is 5.75 Å². The molecule has 0 unspecified atom stereocenters. The maximum atomic E-state index is 15.8. The van der Waals surface area contributed by atoms with E-state index in [4.69, 9.17) is 17.2 Å². The zero-order chi connectivity index (χ0) is 92.8. The molecule has 4 saturated heterocycles. The van der Waals surface area contributed by atoms with Gasteiger partial charge in [-0.2, -0.15) is 0 Å². The maximum absolute atomic E-state index is 15.8. The summed E-state index contributed by atoms with van der Waals surface area (Å²) in [5.41, 5.74) is 21.2. The first kappa shape index (κ1) is 98.9. The van der Waals surface area contributed by atoms with E-state index in [2.05, 4.69) is 52.5 Å². The fourth-order valence-electron chi connectivity index (χ4n) is 17.4. The topological polar surface area (TPSA) is 539 Å². The number of benzene rings is 3. The number of carbonyl (C=O) groups excluding carboxylic acids is 16. The fourth-order valence-corrected chi connectivity index (χ4v) is 17.4. The van der Waals surface area contributed by atoms with Crippen LogP contribution in [0.2, 0.25) is 0 Å². The van der Waals surface area contributed by atoms with Gasteiger partial charge in [-0.1, -0.05) is 116 Å². The Morgan fingerprint density at radius 3 is 1.55 bits per heavy atom. The number of likely N-dealkylation sites (N-methyl/N-ethyl adjacent to an activating group) is 3. The number of carbonyl (C=O) groups is 16. The smallest absolute Gasteiger partial charge is 0.246 e. The van der Waals surface area contributed by atoms with Crippen molar-refractivity contribution in [2.45, 2.75) is 255 Å². The first-order valence-electron chi connectivity index (χ1n) is 44.4. The molecule has 3 aromatic carbocycles. The number of para-hydroxylation sites is 2. The van der Waals surface area contributed by atoms with Gasteiger partial charge in [-0.15, -0.1) is 0 Å². The number of Topliss-reactive ketones (excluding diaryl/α,β-unsaturated/α-hetero) is 1. The predicted octanol–water partition coefficient (Wildman–Crippen LogP) is 0.582. The maximum Gasteiger partial charge on any atom is 0.246 e. The summed E-state index contributed by atoms with van der Waals surface area (Å²) in [5, 5.41) is 44.8. The summed E-state index contributed by atoms with van der Waals surface area (Å²) >= 11 is 0. The number of hydrogen-bond acceptors (Lipinski definition) is 20. The fraction of sp³-hybridized carbons (Fsp3) is 0.578. The molecule has 0 bridgehead atoms. The van der Waals surface area contributed by atoms with Crippen LogP contribution in [0.25, 0.3) is 21.8 Å². The van der Waals surface area contributed by atoms with Crippen LogP contribution in [0.3, 0.4) is 0 Å². The van der Waals surface area contributed by atoms with Gasteiger partial charge in [0, 0.05) is 113 Å². The standard InChI is InChI=1S/C90H129N19O18/c1-11-13-25-70-83(120)102-64(37-50(3)4)87(124)107-35-19-27-71(107)82(119)96-48-77(114)97-66(39-53-29-31-57(110)32-30-53)85(122)104(8)52(7)78(115)99-68(44-76(93)113)88(125)108-36-20-28-72(108)84(121)103-69(45-92)81(118)100-65(38-51(5)6)89(126)109-49-58(111)43-74(109)75(112)42-54(40-55-46-94-61-23-17-15-21-59(55)61)79(116)98-63(33-34-91)80(117)101-67(41-56-47-95-62-24-18-16-22-60(56)62)86(123)106(10)73(26-14-12-2)90(127)105(70)9/h15-18,21-24,29-32,46-47,50-52,54,58,63-74,94-95,110-111H,11-14,19-20,25-28,33-45,48-49,91-92H2,1-10H3,(H2,93,113)(H,96,119)(H,97,114)(H,98,116)(H,99,115)(H,100,118)(H,101,117)(H,102,120)(H,103,121)/t52-,54+,58+,63-,64-,65-,66-,67-,68-,69-,70-,71+,72-,73-,74-/m0/s1. The summed E-state index contributed by atoms with van der Waals surface area (Å²) in [6, 6.07) is 2.02. The zero-order valence-corrected chi connectivity index (χ0v) is 74.4. The molecular weight excluding hydrogens is 1640 g/mol. The van der Waals surface area contributed by atoms with E-state index in [0.29, 0.717) is 70.6 Å². The second-order valence-corrected chi connectivity index (χ2v) is 34.9. The Kier molecular flexibility index (Phi) is 35.9. The minimum atomic E-state index is -1.73. The number of primary amides is 1. The number of unbranched alkanes of at least 4 members (excludes halogenated alkanes) is 2. The van der Waals surface area contributed by atoms with Gasteiger partial charge in [0.15, 0.2) is 5.78 Å². The number of phenolic OH excluding ortho intramolecular Hbond substituents is 1. The van der Waals surface area contributed by atoms with E-state index in [1.54, 1.807) is 38.4 Å². The number of aliphatic hydroxyl groups is 1. The number of rotatable bonds is 21. The lowest BCUT2D eigenvalue weighted by atomic mass is 9.90. The minimum absolute atomic E-state index is 0.0167. The summed E-state index contributed by atoms with van der Waals surface area (Å²) < 4.78 is 0. The van der Waals surface area contributed by atoms with Gasteiger partial charge in [0.05, 0.1) is 25.1 Å². The van der Waals surface area contributed by atoms with Crippen LogP contribution in [0.4, 0.5) is 0 Å². The number of aromatic hydroxyl groups is 1. The molecule has 2 aromatic heterocycles. The molecule has 127 heavy (non-hydrogen) atoms. The lowest BCUT2D eigenvalue weighted by Gasteiger charge is -2.37. The van der Waals surface area contributed by atoms with Gasteiger partial charge in [-0.25, -0.2) is 0 Å². The summed E-state index contributed by atoms with van der Waals surface area (Å²) in [6.07, 6.45) is 2.73. The highest BCUT2D eigenvalue weighted by molar-refractivity contribution is 6.02. The van der Waals surface area contributed by atoms with E-state index in [0.717, 1.165) is 14.7 Å². The lowest BCUT2D eigenvalue weighted by molar-refractivity contribution is -0.150. The third-order valence-electron chi connectivity index (χ3n) is 24.5. The van der Waals surface area contributed by atoms with Gasteiger partial charge in [-0.3, -0.25) is 76.7 Å². The number of nitrogens with two attached hydrogens (primary N) is 3. The van der Waals surface area contributed by atoms with E-state index in [1.165, 1.54) is 67.0 Å². The quantitative estimate of drug-likeness (QED) is 0.0478. The number of nitrogens with one attached hydrogen (secondary N) is 10. The predicted molar refractivity (Wildman–Crippen MR) is 471 cm³/mol. The number of fused-ring (bicyclic) bond motifs is 5. The molecule has 15 amide bonds. The molecule has 18 N–H and O–H groups in total. The molecule has 0 spiro atoms. The van der Waals surface area contributed by atoms with Crippen molar-refractivity contribution >= 4 is 116 Å². The van der Waals surface area contributed by atoms with Gasteiger partial charge in [0.2, 0.25) is 88.6 Å². The second kappa shape index (κ2) is 46.0. The number of aliphatic hydroxyl groups excluding tert-OH is 1. The first-order chi connectivity index (χ1) is 60.5. The van der Waals surface area contributed by atoms with Crippen molar-refractivity contribution in [3.05, 3.63) is 102 Å². The van der Waals surface area contributed by atoms with Crippen LogP contribution in [-0.2, 0) is 96.0 Å². The zero-order valence-electron chi connectivity index (χ0n) is 74.4. The number of nitrogens with zero attached hydrogens (tertiary/aromatic N) is 6. The Labute approximate surface area is 739 Å². The number of aromatic amines is 2. The molecule has 0 saturated carbocycles. The van der Waals surface area contributed by atoms with Crippen molar-refractivity contribution in [1.82, 2.24) is 81.9 Å². The Morgan fingerprint density at radius 2 is 0.984 bits per heavy atom. The molecule has 692 valence electrons. The number of aromatic nitrogens is 2. The lowest BCUT2D eigenvalue weighted by Crippen LogP contribution is -2.61. The van der Waals surface area contributed by atoms with Crippen molar-refractivity contribution in [2.75, 3.05) is 60.4 Å². The van der Waals surface area contributed by atoms with Crippen LogP contribution in [-0.4, -0.2) is 289 Å². The van der Waals surface area contributed by atoms with E-state index in [9.17, 15) is 48.6 Å². The van der Waals surface area contributed by atoms with Crippen LogP contribution in [0.15, 0.2) is 85.2 Å². The summed E-state index contributed by atoms with van der Waals surface area (Å²) in [6.45, 7) is 10.5. The number of H-pyrrole nitrogens is 2. The van der Waals surface area contributed by atoms with E-state index < -0.39 is 211 Å². The van der Waals surface area contributed by atoms with E-state index in [-0.39, 0.29) is 121 Å². The first-order valence-corrected chi connectivity index (χ1v) is 44.4. The van der Waals surface area contributed by atoms with E-state index in [1.807, 2.05) is 64.1 Å². The number of ketones is 1. The Balaban J connectivity index is 1.07. The molecular formula is C90H129N19O18. The average molecular weight is 1770 g/mol. The summed E-state index contributed by atoms with van der Waals surface area (Å²) in [5.74, 6) is -15.0. The largest absolute Gasteiger partial charge is 0.508 e. The summed E-state index contributed by atoms with van der Waals surface area (Å²) in [7, 11) is 4.13. The van der Waals surface area contributed by atoms with Gasteiger partial charge in [0.25, 0.3) is 0 Å². The highest BCUT2D eigenvalue weighted by Crippen LogP contribution is 2.31. The van der Waals surface area contributed by atoms with Crippen molar-refractivity contribution in [2.24, 2.45) is 35.0 Å². The third kappa shape index (κ3) is 25.7. The summed E-state index contributed by atoms with van der Waals surface area (Å²) in [4.78, 5) is 251. The van der Waals surface area contributed by atoms with Crippen molar-refractivity contribution < 1.29 is 86.9 Å².